The zero-order valence-corrected chi connectivity index (χ0v) is 10.6. The standard InChI is InChI=1S/C14H27NO/c16-14-10-6-3-1-2-4-8-12-15-13-9-5-7-11-14/h15H,1-13H2. The summed E-state index contributed by atoms with van der Waals surface area (Å²) < 4.78 is 0. The Morgan fingerprint density at radius 1 is 0.625 bits per heavy atom. The summed E-state index contributed by atoms with van der Waals surface area (Å²) in [7, 11) is 0. The SMILES string of the molecule is O=C1CCCCCCCCNCCCCC1. The van der Waals surface area contributed by atoms with E-state index in [9.17, 15) is 4.79 Å². The maximum atomic E-state index is 11.5. The molecular weight excluding hydrogens is 198 g/mol. The number of hydrogen-bond acceptors (Lipinski definition) is 2. The third kappa shape index (κ3) is 7.86. The number of hydrogen-bond donors (Lipinski definition) is 1. The Labute approximate surface area is 100 Å². The minimum atomic E-state index is 0.489. The maximum absolute atomic E-state index is 11.5. The molecular formula is C14H27NO. The highest BCUT2D eigenvalue weighted by Gasteiger charge is 2.02. The van der Waals surface area contributed by atoms with Gasteiger partial charge in [-0.15, -0.1) is 0 Å². The Morgan fingerprint density at radius 3 is 1.69 bits per heavy atom. The lowest BCUT2D eigenvalue weighted by atomic mass is 10.0. The lowest BCUT2D eigenvalue weighted by molar-refractivity contribution is -0.119. The van der Waals surface area contributed by atoms with Gasteiger partial charge in [0.1, 0.15) is 5.78 Å². The smallest absolute Gasteiger partial charge is 0.132 e. The van der Waals surface area contributed by atoms with Crippen LogP contribution < -0.4 is 5.32 Å². The summed E-state index contributed by atoms with van der Waals surface area (Å²) >= 11 is 0. The average Bonchev–Trinajstić information content (AvgIpc) is 2.29. The fourth-order valence-electron chi connectivity index (χ4n) is 2.28. The van der Waals surface area contributed by atoms with Crippen LogP contribution in [-0.2, 0) is 4.79 Å². The zero-order valence-electron chi connectivity index (χ0n) is 10.6. The summed E-state index contributed by atoms with van der Waals surface area (Å²) in [4.78, 5) is 11.5. The molecule has 0 radical (unpaired) electrons. The zero-order chi connectivity index (χ0) is 11.5. The second-order valence-corrected chi connectivity index (χ2v) is 4.97. The van der Waals surface area contributed by atoms with Crippen molar-refractivity contribution in [1.29, 1.82) is 0 Å². The van der Waals surface area contributed by atoms with Crippen molar-refractivity contribution in [2.24, 2.45) is 0 Å². The van der Waals surface area contributed by atoms with Crippen molar-refractivity contribution in [2.75, 3.05) is 13.1 Å². The highest BCUT2D eigenvalue weighted by molar-refractivity contribution is 5.78. The van der Waals surface area contributed by atoms with E-state index in [-0.39, 0.29) is 0 Å². The second-order valence-electron chi connectivity index (χ2n) is 4.97. The molecule has 0 unspecified atom stereocenters. The first-order chi connectivity index (χ1) is 7.89. The number of carbonyl (C=O) groups is 1. The van der Waals surface area contributed by atoms with Crippen LogP contribution in [0.1, 0.15) is 70.6 Å². The lowest BCUT2D eigenvalue weighted by Crippen LogP contribution is -2.16. The number of rotatable bonds is 0. The van der Waals surface area contributed by atoms with Gasteiger partial charge in [-0.25, -0.2) is 0 Å². The van der Waals surface area contributed by atoms with Crippen LogP contribution >= 0.6 is 0 Å². The maximum Gasteiger partial charge on any atom is 0.132 e. The molecule has 1 aliphatic rings. The van der Waals surface area contributed by atoms with Crippen LogP contribution in [0.5, 0.6) is 0 Å². The van der Waals surface area contributed by atoms with Crippen molar-refractivity contribution in [3.8, 4) is 0 Å². The minimum absolute atomic E-state index is 0.489. The Kier molecular flexibility index (Phi) is 8.41. The van der Waals surface area contributed by atoms with E-state index < -0.39 is 0 Å². The van der Waals surface area contributed by atoms with Crippen molar-refractivity contribution < 1.29 is 4.79 Å². The van der Waals surface area contributed by atoms with Gasteiger partial charge in [0.2, 0.25) is 0 Å². The van der Waals surface area contributed by atoms with E-state index in [4.69, 9.17) is 0 Å². The second kappa shape index (κ2) is 9.83. The molecule has 0 aromatic heterocycles. The minimum Gasteiger partial charge on any atom is -0.317 e. The molecule has 1 heterocycles. The Balaban J connectivity index is 2.13. The molecule has 1 fully saturated rings. The van der Waals surface area contributed by atoms with Gasteiger partial charge in [-0.05, 0) is 38.8 Å². The van der Waals surface area contributed by atoms with E-state index in [1.165, 1.54) is 51.5 Å². The van der Waals surface area contributed by atoms with Crippen molar-refractivity contribution in [1.82, 2.24) is 5.32 Å². The van der Waals surface area contributed by atoms with Gasteiger partial charge in [-0.2, -0.15) is 0 Å². The molecule has 0 atom stereocenters. The van der Waals surface area contributed by atoms with Crippen molar-refractivity contribution in [3.63, 3.8) is 0 Å². The Morgan fingerprint density at radius 2 is 1.06 bits per heavy atom. The molecule has 1 saturated heterocycles. The summed E-state index contributed by atoms with van der Waals surface area (Å²) in [6, 6.07) is 0. The predicted octanol–water partition coefficient (Wildman–Crippen LogP) is 3.45. The number of carbonyl (C=O) groups excluding carboxylic acids is 1. The van der Waals surface area contributed by atoms with Gasteiger partial charge in [-0.1, -0.05) is 32.1 Å². The van der Waals surface area contributed by atoms with Gasteiger partial charge < -0.3 is 5.32 Å². The van der Waals surface area contributed by atoms with E-state index in [0.717, 1.165) is 32.2 Å². The van der Waals surface area contributed by atoms with Crippen LogP contribution in [0.25, 0.3) is 0 Å². The highest BCUT2D eigenvalue weighted by Crippen LogP contribution is 2.10. The molecule has 0 aromatic carbocycles. The van der Waals surface area contributed by atoms with Crippen molar-refractivity contribution in [3.05, 3.63) is 0 Å². The Hall–Kier alpha value is -0.370. The van der Waals surface area contributed by atoms with E-state index >= 15 is 0 Å². The summed E-state index contributed by atoms with van der Waals surface area (Å²) in [6.45, 7) is 2.31. The highest BCUT2D eigenvalue weighted by atomic mass is 16.1. The van der Waals surface area contributed by atoms with Crippen LogP contribution in [0.15, 0.2) is 0 Å². The topological polar surface area (TPSA) is 29.1 Å². The molecule has 2 heteroatoms. The molecule has 0 aromatic rings. The number of ketones is 1. The third-order valence-electron chi connectivity index (χ3n) is 3.37. The predicted molar refractivity (Wildman–Crippen MR) is 68.7 cm³/mol. The van der Waals surface area contributed by atoms with Crippen LogP contribution in [-0.4, -0.2) is 18.9 Å². The van der Waals surface area contributed by atoms with Gasteiger partial charge in [0.15, 0.2) is 0 Å². The molecule has 0 spiro atoms. The molecule has 0 aliphatic carbocycles. The van der Waals surface area contributed by atoms with Gasteiger partial charge in [0, 0.05) is 12.8 Å². The van der Waals surface area contributed by atoms with E-state index in [0.29, 0.717) is 5.78 Å². The monoisotopic (exact) mass is 225 g/mol. The van der Waals surface area contributed by atoms with Gasteiger partial charge >= 0.3 is 0 Å². The quantitative estimate of drug-likeness (QED) is 0.684. The molecule has 2 nitrogen and oxygen atoms in total. The third-order valence-corrected chi connectivity index (χ3v) is 3.37. The van der Waals surface area contributed by atoms with E-state index in [1.54, 1.807) is 0 Å². The van der Waals surface area contributed by atoms with Crippen molar-refractivity contribution >= 4 is 5.78 Å². The van der Waals surface area contributed by atoms with Crippen molar-refractivity contribution in [2.45, 2.75) is 70.6 Å². The Bertz CT molecular complexity index is 162. The molecule has 1 rings (SSSR count). The lowest BCUT2D eigenvalue weighted by Gasteiger charge is -2.03. The molecule has 0 amide bonds. The molecule has 94 valence electrons. The van der Waals surface area contributed by atoms with Gasteiger partial charge in [0.25, 0.3) is 0 Å². The summed E-state index contributed by atoms with van der Waals surface area (Å²) in [5, 5.41) is 3.48. The van der Waals surface area contributed by atoms with Crippen LogP contribution in [0.3, 0.4) is 0 Å². The first kappa shape index (κ1) is 13.7. The number of nitrogens with one attached hydrogen (secondary N) is 1. The summed E-state index contributed by atoms with van der Waals surface area (Å²) in [5.74, 6) is 0.489. The molecule has 0 bridgehead atoms. The molecule has 1 aliphatic heterocycles. The number of Topliss-reactive ketones (excluding diaryl/α,β-unsaturated/α-hetero) is 1. The molecule has 0 saturated carbocycles. The fourth-order valence-corrected chi connectivity index (χ4v) is 2.28. The summed E-state index contributed by atoms with van der Waals surface area (Å²) in [6.07, 6.45) is 12.9. The van der Waals surface area contributed by atoms with Crippen LogP contribution in [0.2, 0.25) is 0 Å². The largest absolute Gasteiger partial charge is 0.317 e. The average molecular weight is 225 g/mol. The molecule has 1 N–H and O–H groups in total. The molecule has 16 heavy (non-hydrogen) atoms. The fraction of sp³-hybridized carbons (Fsp3) is 0.929. The van der Waals surface area contributed by atoms with Gasteiger partial charge in [0.05, 0.1) is 0 Å². The first-order valence-corrected chi connectivity index (χ1v) is 7.12. The van der Waals surface area contributed by atoms with Gasteiger partial charge in [-0.3, -0.25) is 4.79 Å². The van der Waals surface area contributed by atoms with Crippen LogP contribution in [0, 0.1) is 0 Å². The first-order valence-electron chi connectivity index (χ1n) is 7.12. The summed E-state index contributed by atoms with van der Waals surface area (Å²) in [5.41, 5.74) is 0. The van der Waals surface area contributed by atoms with Crippen LogP contribution in [0.4, 0.5) is 0 Å². The van der Waals surface area contributed by atoms with E-state index in [1.807, 2.05) is 0 Å². The van der Waals surface area contributed by atoms with E-state index in [2.05, 4.69) is 5.32 Å². The normalized spacial score (nSPS) is 23.4.